The molecule has 0 nitrogen and oxygen atoms in total. The normalized spacial score (nSPS) is 18.6. The van der Waals surface area contributed by atoms with Gasteiger partial charge in [-0.2, -0.15) is 0 Å². The fourth-order valence-corrected chi connectivity index (χ4v) is 3.21. The van der Waals surface area contributed by atoms with Crippen LogP contribution in [0, 0.1) is 5.92 Å². The Morgan fingerprint density at radius 2 is 1.58 bits per heavy atom. The van der Waals surface area contributed by atoms with E-state index in [1.807, 2.05) is 0 Å². The molecule has 1 aromatic carbocycles. The molecule has 2 rings (SSSR count). The van der Waals surface area contributed by atoms with Crippen molar-refractivity contribution in [3.05, 3.63) is 41.5 Å². The van der Waals surface area contributed by atoms with E-state index in [0.29, 0.717) is 0 Å². The summed E-state index contributed by atoms with van der Waals surface area (Å²) in [6.45, 7) is 9.03. The highest BCUT2D eigenvalue weighted by atomic mass is 14.2. The Labute approximate surface area is 118 Å². The third-order valence-corrected chi connectivity index (χ3v) is 4.44. The summed E-state index contributed by atoms with van der Waals surface area (Å²) in [5.74, 6) is 0.791. The first-order chi connectivity index (χ1) is 9.02. The van der Waals surface area contributed by atoms with Crippen LogP contribution in [0.4, 0.5) is 0 Å². The molecule has 1 aromatic rings. The molecule has 1 aliphatic carbocycles. The van der Waals surface area contributed by atoms with Gasteiger partial charge in [-0.3, -0.25) is 0 Å². The fraction of sp³-hybridized carbons (Fsp3) is 0.579. The average Bonchev–Trinajstić information content (AvgIpc) is 2.40. The van der Waals surface area contributed by atoms with Crippen LogP contribution in [-0.2, 0) is 5.41 Å². The zero-order valence-corrected chi connectivity index (χ0v) is 13.0. The summed E-state index contributed by atoms with van der Waals surface area (Å²) < 4.78 is 0. The van der Waals surface area contributed by atoms with Gasteiger partial charge in [-0.15, -0.1) is 0 Å². The van der Waals surface area contributed by atoms with E-state index < -0.39 is 0 Å². The Kier molecular flexibility index (Phi) is 4.50. The van der Waals surface area contributed by atoms with Crippen molar-refractivity contribution in [2.75, 3.05) is 0 Å². The van der Waals surface area contributed by atoms with Gasteiger partial charge in [-0.25, -0.2) is 0 Å². The first-order valence-electron chi connectivity index (χ1n) is 7.79. The van der Waals surface area contributed by atoms with Crippen molar-refractivity contribution in [2.45, 2.75) is 65.2 Å². The topological polar surface area (TPSA) is 0 Å². The van der Waals surface area contributed by atoms with Crippen LogP contribution in [0.3, 0.4) is 0 Å². The maximum absolute atomic E-state index is 2.34. The van der Waals surface area contributed by atoms with Gasteiger partial charge in [-0.05, 0) is 47.8 Å². The minimum atomic E-state index is 0.249. The van der Waals surface area contributed by atoms with Crippen molar-refractivity contribution in [1.29, 1.82) is 0 Å². The summed E-state index contributed by atoms with van der Waals surface area (Å²) in [6.07, 6.45) is 9.32. The number of rotatable bonds is 2. The molecule has 0 amide bonds. The monoisotopic (exact) mass is 256 g/mol. The molecule has 0 aliphatic heterocycles. The molecule has 0 aromatic heterocycles. The van der Waals surface area contributed by atoms with Gasteiger partial charge in [0, 0.05) is 0 Å². The van der Waals surface area contributed by atoms with E-state index in [-0.39, 0.29) is 5.41 Å². The minimum Gasteiger partial charge on any atom is -0.0836 e. The predicted octanol–water partition coefficient (Wildman–Crippen LogP) is 5.97. The van der Waals surface area contributed by atoms with Gasteiger partial charge in [0.05, 0.1) is 0 Å². The summed E-state index contributed by atoms with van der Waals surface area (Å²) in [4.78, 5) is 0. The average molecular weight is 256 g/mol. The molecule has 0 N–H and O–H groups in total. The van der Waals surface area contributed by atoms with Crippen molar-refractivity contribution >= 4 is 5.57 Å². The first-order valence-corrected chi connectivity index (χ1v) is 7.79. The van der Waals surface area contributed by atoms with Gasteiger partial charge in [0.2, 0.25) is 0 Å². The molecule has 0 bridgehead atoms. The zero-order chi connectivity index (χ0) is 13.9. The lowest BCUT2D eigenvalue weighted by molar-refractivity contribution is 0.429. The van der Waals surface area contributed by atoms with Gasteiger partial charge < -0.3 is 0 Å². The maximum Gasteiger partial charge on any atom is -0.0132 e. The Hall–Kier alpha value is -1.04. The Morgan fingerprint density at radius 3 is 2.05 bits per heavy atom. The number of hydrogen-bond acceptors (Lipinski definition) is 0. The fourth-order valence-electron chi connectivity index (χ4n) is 3.21. The molecular weight excluding hydrogens is 228 g/mol. The molecule has 0 saturated heterocycles. The Balaban J connectivity index is 2.20. The predicted molar refractivity (Wildman–Crippen MR) is 85.4 cm³/mol. The molecule has 0 heterocycles. The molecular formula is C19H28. The summed E-state index contributed by atoms with van der Waals surface area (Å²) >= 11 is 0. The van der Waals surface area contributed by atoms with Crippen LogP contribution in [0.25, 0.3) is 5.57 Å². The van der Waals surface area contributed by atoms with Crippen molar-refractivity contribution in [3.8, 4) is 0 Å². The van der Waals surface area contributed by atoms with Crippen LogP contribution in [0.1, 0.15) is 70.9 Å². The molecule has 19 heavy (non-hydrogen) atoms. The molecule has 104 valence electrons. The van der Waals surface area contributed by atoms with Crippen LogP contribution < -0.4 is 0 Å². The second kappa shape index (κ2) is 5.94. The molecule has 0 atom stereocenters. The molecule has 1 fully saturated rings. The zero-order valence-electron chi connectivity index (χ0n) is 13.0. The molecule has 0 unspecified atom stereocenters. The lowest BCUT2D eigenvalue weighted by atomic mass is 9.80. The van der Waals surface area contributed by atoms with Crippen LogP contribution in [0.5, 0.6) is 0 Å². The maximum atomic E-state index is 2.34. The third-order valence-electron chi connectivity index (χ3n) is 4.44. The van der Waals surface area contributed by atoms with E-state index in [9.17, 15) is 0 Å². The Morgan fingerprint density at radius 1 is 1.00 bits per heavy atom. The van der Waals surface area contributed by atoms with Gasteiger partial charge in [-0.1, -0.05) is 70.4 Å². The van der Waals surface area contributed by atoms with Crippen molar-refractivity contribution in [2.24, 2.45) is 5.92 Å². The first kappa shape index (κ1) is 14.4. The Bertz CT molecular complexity index is 422. The summed E-state index contributed by atoms with van der Waals surface area (Å²) in [7, 11) is 0. The minimum absolute atomic E-state index is 0.249. The van der Waals surface area contributed by atoms with E-state index in [4.69, 9.17) is 0 Å². The van der Waals surface area contributed by atoms with Crippen LogP contribution >= 0.6 is 0 Å². The SMILES string of the molecule is CC=C(c1ccc(C(C)(C)C)cc1)C1CCCCC1. The largest absolute Gasteiger partial charge is 0.0836 e. The van der Waals surface area contributed by atoms with Gasteiger partial charge >= 0.3 is 0 Å². The second-order valence-corrected chi connectivity index (χ2v) is 6.91. The van der Waals surface area contributed by atoms with Gasteiger partial charge in [0.1, 0.15) is 0 Å². The van der Waals surface area contributed by atoms with Crippen molar-refractivity contribution < 1.29 is 0 Å². The summed E-state index contributed by atoms with van der Waals surface area (Å²) in [5, 5.41) is 0. The van der Waals surface area contributed by atoms with Crippen LogP contribution in [0.15, 0.2) is 30.3 Å². The van der Waals surface area contributed by atoms with Crippen LogP contribution in [0.2, 0.25) is 0 Å². The highest BCUT2D eigenvalue weighted by Crippen LogP contribution is 2.35. The summed E-state index contributed by atoms with van der Waals surface area (Å²) in [6, 6.07) is 9.26. The smallest absolute Gasteiger partial charge is 0.0132 e. The quantitative estimate of drug-likeness (QED) is 0.611. The summed E-state index contributed by atoms with van der Waals surface area (Å²) in [5.41, 5.74) is 4.68. The molecule has 0 heteroatoms. The second-order valence-electron chi connectivity index (χ2n) is 6.91. The van der Waals surface area contributed by atoms with E-state index >= 15 is 0 Å². The lowest BCUT2D eigenvalue weighted by Gasteiger charge is -2.25. The highest BCUT2D eigenvalue weighted by molar-refractivity contribution is 5.67. The van der Waals surface area contributed by atoms with E-state index in [1.165, 1.54) is 43.2 Å². The van der Waals surface area contributed by atoms with Crippen LogP contribution in [-0.4, -0.2) is 0 Å². The highest BCUT2D eigenvalue weighted by Gasteiger charge is 2.19. The van der Waals surface area contributed by atoms with Gasteiger partial charge in [0.15, 0.2) is 0 Å². The molecule has 0 spiro atoms. The van der Waals surface area contributed by atoms with E-state index in [1.54, 1.807) is 5.57 Å². The van der Waals surface area contributed by atoms with E-state index in [2.05, 4.69) is 58.0 Å². The standard InChI is InChI=1S/C19H28/c1-5-18(15-9-7-6-8-10-15)16-11-13-17(14-12-16)19(2,3)4/h5,11-15H,6-10H2,1-4H3. The van der Waals surface area contributed by atoms with E-state index in [0.717, 1.165) is 5.92 Å². The van der Waals surface area contributed by atoms with Gasteiger partial charge in [0.25, 0.3) is 0 Å². The number of hydrogen-bond donors (Lipinski definition) is 0. The molecule has 1 aliphatic rings. The molecule has 0 radical (unpaired) electrons. The number of allylic oxidation sites excluding steroid dienone is 2. The third kappa shape index (κ3) is 3.49. The van der Waals surface area contributed by atoms with Crippen molar-refractivity contribution in [1.82, 2.24) is 0 Å². The van der Waals surface area contributed by atoms with Crippen molar-refractivity contribution in [3.63, 3.8) is 0 Å². The molecule has 1 saturated carbocycles. The lowest BCUT2D eigenvalue weighted by Crippen LogP contribution is -2.11. The number of benzene rings is 1.